The zero-order valence-electron chi connectivity index (χ0n) is 4.13. The molecule has 0 spiro atoms. The van der Waals surface area contributed by atoms with Crippen LogP contribution in [0, 0.1) is 0 Å². The molecule has 0 saturated heterocycles. The topological polar surface area (TPSA) is 12.9 Å². The van der Waals surface area contributed by atoms with Crippen molar-refractivity contribution >= 4 is 32.8 Å². The van der Waals surface area contributed by atoms with Gasteiger partial charge in [-0.15, -0.1) is 0 Å². The van der Waals surface area contributed by atoms with Gasteiger partial charge in [0.05, 0.1) is 0 Å². The van der Waals surface area contributed by atoms with Crippen molar-refractivity contribution in [2.24, 2.45) is 0 Å². The van der Waals surface area contributed by atoms with Crippen molar-refractivity contribution < 1.29 is 0 Å². The molecule has 0 aliphatic carbocycles. The van der Waals surface area contributed by atoms with Crippen molar-refractivity contribution in [1.29, 1.82) is 0 Å². The molecule has 0 N–H and O–H groups in total. The number of pyridine rings is 1. The van der Waals surface area contributed by atoms with E-state index in [4.69, 9.17) is 11.6 Å². The molecule has 0 radical (unpaired) electrons. The van der Waals surface area contributed by atoms with E-state index in [1.807, 2.05) is 12.1 Å². The van der Waals surface area contributed by atoms with E-state index in [9.17, 15) is 0 Å². The Morgan fingerprint density at radius 2 is 2.38 bits per heavy atom. The second-order valence-corrected chi connectivity index (χ2v) is 3.05. The summed E-state index contributed by atoms with van der Waals surface area (Å²) in [6, 6.07) is 3.83. The molecule has 42 valence electrons. The Balaban J connectivity index is 3.13. The molecule has 1 rings (SSSR count). The van der Waals surface area contributed by atoms with Crippen LogP contribution in [-0.2, 0) is 0 Å². The van der Waals surface area contributed by atoms with Crippen LogP contribution in [0.15, 0.2) is 18.3 Å². The number of hydrogen-bond acceptors (Lipinski definition) is 1. The second kappa shape index (κ2) is 2.52. The van der Waals surface area contributed by atoms with Crippen LogP contribution in [0.2, 0.25) is 5.15 Å². The summed E-state index contributed by atoms with van der Waals surface area (Å²) in [6.07, 6.45) is 1.69. The molecule has 1 aromatic rings. The van der Waals surface area contributed by atoms with Gasteiger partial charge in [0, 0.05) is 0 Å². The zero-order chi connectivity index (χ0) is 5.98. The van der Waals surface area contributed by atoms with E-state index in [1.165, 1.54) is 16.9 Å². The summed E-state index contributed by atoms with van der Waals surface area (Å²) in [5.74, 6) is 0. The molecule has 3 heteroatoms. The average Bonchev–Trinajstić information content (AvgIpc) is 1.77. The van der Waals surface area contributed by atoms with Crippen molar-refractivity contribution in [3.05, 3.63) is 23.5 Å². The third kappa shape index (κ3) is 1.24. The summed E-state index contributed by atoms with van der Waals surface area (Å²) in [6.45, 7) is 0. The first-order valence-corrected chi connectivity index (χ1v) is 3.75. The monoisotopic (exact) mass is 189 g/mol. The van der Waals surface area contributed by atoms with Gasteiger partial charge in [0.1, 0.15) is 0 Å². The molecule has 0 saturated carbocycles. The van der Waals surface area contributed by atoms with Crippen LogP contribution >= 0.6 is 11.6 Å². The van der Waals surface area contributed by atoms with Gasteiger partial charge in [-0.1, -0.05) is 0 Å². The van der Waals surface area contributed by atoms with Crippen LogP contribution in [0.5, 0.6) is 0 Å². The normalized spacial score (nSPS) is 9.25. The Morgan fingerprint density at radius 3 is 2.75 bits per heavy atom. The molecular weight excluding hydrogens is 184 g/mol. The Hall–Kier alpha value is -0.00156. The Morgan fingerprint density at radius 1 is 1.62 bits per heavy atom. The Labute approximate surface area is 61.6 Å². The summed E-state index contributed by atoms with van der Waals surface area (Å²) in [5, 5.41) is 0.618. The summed E-state index contributed by atoms with van der Waals surface area (Å²) in [7, 11) is 0. The Kier molecular flexibility index (Phi) is 1.93. The molecule has 1 heterocycles. The fourth-order valence-electron chi connectivity index (χ4n) is 0.398. The van der Waals surface area contributed by atoms with Crippen LogP contribution in [0.3, 0.4) is 0 Å². The Bertz CT molecular complexity index is 169. The molecule has 0 bridgehead atoms. The summed E-state index contributed by atoms with van der Waals surface area (Å²) >= 11 is 7.11. The molecule has 1 unspecified atom stereocenters. The van der Waals surface area contributed by atoms with Crippen molar-refractivity contribution in [3.8, 4) is 0 Å². The van der Waals surface area contributed by atoms with E-state index in [1.54, 1.807) is 6.20 Å². The summed E-state index contributed by atoms with van der Waals surface area (Å²) < 4.78 is 1.08. The maximum atomic E-state index is 5.61. The fourth-order valence-corrected chi connectivity index (χ4v) is 0.907. The first-order chi connectivity index (χ1) is 3.80. The third-order valence-electron chi connectivity index (χ3n) is 0.788. The molecule has 1 aromatic heterocycles. The van der Waals surface area contributed by atoms with Crippen molar-refractivity contribution in [3.63, 3.8) is 0 Å². The number of hydrogen-bond donors (Lipinski definition) is 0. The molecule has 0 amide bonds. The van der Waals surface area contributed by atoms with E-state index in [-0.39, 0.29) is 0 Å². The minimum atomic E-state index is 0.618. The van der Waals surface area contributed by atoms with Crippen molar-refractivity contribution in [2.75, 3.05) is 0 Å². The van der Waals surface area contributed by atoms with Crippen molar-refractivity contribution in [1.82, 2.24) is 4.98 Å². The summed E-state index contributed by atoms with van der Waals surface area (Å²) in [5.41, 5.74) is 0. The van der Waals surface area contributed by atoms with Crippen molar-refractivity contribution in [2.45, 2.75) is 0 Å². The van der Waals surface area contributed by atoms with Crippen LogP contribution in [0.1, 0.15) is 0 Å². The molecule has 1 nitrogen and oxygen atoms in total. The number of aromatic nitrogens is 1. The predicted octanol–water partition coefficient (Wildman–Crippen LogP) is -0.00660. The maximum absolute atomic E-state index is 5.61. The molecule has 0 aromatic carbocycles. The summed E-state index contributed by atoms with van der Waals surface area (Å²) in [4.78, 5) is 3.86. The van der Waals surface area contributed by atoms with Crippen LogP contribution in [-0.4, -0.2) is 21.8 Å². The SMILES string of the molecule is Clc1ncccc1[AsH2]. The standard InChI is InChI=1S/C5H5AsClN/c6-4-2-1-3-8-5(4)7/h1-3H,6H2. The third-order valence-corrected chi connectivity index (χ3v) is 2.47. The van der Waals surface area contributed by atoms with Gasteiger partial charge in [-0.05, 0) is 0 Å². The second-order valence-electron chi connectivity index (χ2n) is 1.38. The number of halogens is 1. The van der Waals surface area contributed by atoms with Gasteiger partial charge < -0.3 is 0 Å². The van der Waals surface area contributed by atoms with Gasteiger partial charge in [-0.2, -0.15) is 0 Å². The predicted molar refractivity (Wildman–Crippen MR) is 37.4 cm³/mol. The van der Waals surface area contributed by atoms with Crippen LogP contribution < -0.4 is 4.35 Å². The molecule has 0 aliphatic rings. The first kappa shape index (κ1) is 6.12. The average molecular weight is 189 g/mol. The quantitative estimate of drug-likeness (QED) is 0.413. The number of nitrogens with zero attached hydrogens (tertiary/aromatic N) is 1. The minimum absolute atomic E-state index is 0.618. The molecule has 0 aliphatic heterocycles. The van der Waals surface area contributed by atoms with Gasteiger partial charge in [0.2, 0.25) is 0 Å². The van der Waals surface area contributed by atoms with Gasteiger partial charge >= 0.3 is 61.3 Å². The van der Waals surface area contributed by atoms with E-state index >= 15 is 0 Å². The van der Waals surface area contributed by atoms with Gasteiger partial charge in [0.25, 0.3) is 0 Å². The van der Waals surface area contributed by atoms with Gasteiger partial charge in [0.15, 0.2) is 0 Å². The number of rotatable bonds is 0. The fraction of sp³-hybridized carbons (Fsp3) is 0. The zero-order valence-corrected chi connectivity index (χ0v) is 7.31. The molecule has 1 atom stereocenters. The van der Waals surface area contributed by atoms with E-state index in [0.29, 0.717) is 5.15 Å². The van der Waals surface area contributed by atoms with Crippen LogP contribution in [0.4, 0.5) is 0 Å². The van der Waals surface area contributed by atoms with E-state index in [0.717, 1.165) is 4.35 Å². The molecule has 8 heavy (non-hydrogen) atoms. The first-order valence-electron chi connectivity index (χ1n) is 2.16. The van der Waals surface area contributed by atoms with Crippen LogP contribution in [0.25, 0.3) is 0 Å². The van der Waals surface area contributed by atoms with Gasteiger partial charge in [-0.25, -0.2) is 0 Å². The van der Waals surface area contributed by atoms with Gasteiger partial charge in [-0.3, -0.25) is 0 Å². The molecule has 0 fully saturated rings. The molecular formula is C5H5AsClN. The van der Waals surface area contributed by atoms with E-state index < -0.39 is 0 Å². The van der Waals surface area contributed by atoms with E-state index in [2.05, 4.69) is 4.98 Å².